The van der Waals surface area contributed by atoms with Crippen molar-refractivity contribution in [1.29, 1.82) is 0 Å². The molecular weight excluding hydrogens is 270 g/mol. The summed E-state index contributed by atoms with van der Waals surface area (Å²) < 4.78 is 11.3. The van der Waals surface area contributed by atoms with E-state index in [4.69, 9.17) is 9.47 Å². The smallest absolute Gasteiger partial charge is 0.220 e. The highest BCUT2D eigenvalue weighted by atomic mass is 16.5. The van der Waals surface area contributed by atoms with E-state index >= 15 is 0 Å². The molecule has 1 heterocycles. The summed E-state index contributed by atoms with van der Waals surface area (Å²) in [6, 6.07) is 5.78. The molecule has 114 valence electrons. The Kier molecular flexibility index (Phi) is 4.01. The van der Waals surface area contributed by atoms with Crippen molar-refractivity contribution in [2.45, 2.75) is 43.8 Å². The molecule has 3 rings (SSSR count). The fourth-order valence-corrected chi connectivity index (χ4v) is 3.09. The molecule has 21 heavy (non-hydrogen) atoms. The van der Waals surface area contributed by atoms with Crippen molar-refractivity contribution < 1.29 is 19.4 Å². The largest absolute Gasteiger partial charge is 0.493 e. The second-order valence-corrected chi connectivity index (χ2v) is 5.77. The Morgan fingerprint density at radius 3 is 2.76 bits per heavy atom. The summed E-state index contributed by atoms with van der Waals surface area (Å²) >= 11 is 0. The third-order valence-corrected chi connectivity index (χ3v) is 4.33. The van der Waals surface area contributed by atoms with Crippen LogP contribution >= 0.6 is 0 Å². The molecule has 1 amide bonds. The molecule has 5 nitrogen and oxygen atoms in total. The van der Waals surface area contributed by atoms with Crippen LogP contribution in [0.1, 0.15) is 37.2 Å². The first-order chi connectivity index (χ1) is 10.2. The summed E-state index contributed by atoms with van der Waals surface area (Å²) in [7, 11) is 1.60. The number of nitrogens with one attached hydrogen (secondary N) is 1. The van der Waals surface area contributed by atoms with Crippen LogP contribution in [0.3, 0.4) is 0 Å². The van der Waals surface area contributed by atoms with Crippen molar-refractivity contribution in [2.24, 2.45) is 0 Å². The number of carbonyl (C=O) groups is 1. The van der Waals surface area contributed by atoms with Crippen molar-refractivity contribution in [1.82, 2.24) is 5.32 Å². The highest BCUT2D eigenvalue weighted by Crippen LogP contribution is 2.35. The van der Waals surface area contributed by atoms with Gasteiger partial charge in [0, 0.05) is 18.9 Å². The van der Waals surface area contributed by atoms with Gasteiger partial charge in [0.05, 0.1) is 13.2 Å². The van der Waals surface area contributed by atoms with E-state index in [1.807, 2.05) is 18.2 Å². The summed E-state index contributed by atoms with van der Waals surface area (Å²) in [6.07, 6.45) is 2.56. The molecule has 0 aromatic heterocycles. The van der Waals surface area contributed by atoms with Gasteiger partial charge in [-0.2, -0.15) is 0 Å². The number of amides is 1. The molecule has 2 fully saturated rings. The molecule has 1 aliphatic heterocycles. The maximum atomic E-state index is 11.4. The summed E-state index contributed by atoms with van der Waals surface area (Å²) in [6.45, 7) is 0.663. The van der Waals surface area contributed by atoms with Crippen LogP contribution in [0.5, 0.6) is 11.5 Å². The Balaban J connectivity index is 1.81. The highest BCUT2D eigenvalue weighted by Gasteiger charge is 2.29. The maximum Gasteiger partial charge on any atom is 0.220 e. The lowest BCUT2D eigenvalue weighted by atomic mass is 9.98. The first-order valence-corrected chi connectivity index (χ1v) is 7.46. The third kappa shape index (κ3) is 2.97. The second kappa shape index (κ2) is 5.93. The van der Waals surface area contributed by atoms with Gasteiger partial charge in [-0.05, 0) is 37.0 Å². The second-order valence-electron chi connectivity index (χ2n) is 5.77. The van der Waals surface area contributed by atoms with E-state index in [9.17, 15) is 9.90 Å². The number of aliphatic hydroxyl groups is 1. The summed E-state index contributed by atoms with van der Waals surface area (Å²) in [5.74, 6) is 1.58. The molecule has 2 N–H and O–H groups in total. The van der Waals surface area contributed by atoms with E-state index in [1.165, 1.54) is 0 Å². The number of aliphatic hydroxyl groups excluding tert-OH is 1. The minimum Gasteiger partial charge on any atom is -0.493 e. The molecular formula is C16H21NO4. The lowest BCUT2D eigenvalue weighted by Crippen LogP contribution is -2.25. The zero-order chi connectivity index (χ0) is 14.8. The molecule has 1 saturated carbocycles. The van der Waals surface area contributed by atoms with Crippen molar-refractivity contribution in [3.63, 3.8) is 0 Å². The van der Waals surface area contributed by atoms with Gasteiger partial charge in [0.25, 0.3) is 0 Å². The average Bonchev–Trinajstić information content (AvgIpc) is 3.08. The minimum atomic E-state index is -0.409. The Morgan fingerprint density at radius 2 is 2.14 bits per heavy atom. The number of ether oxygens (including phenoxy) is 2. The molecule has 2 aliphatic rings. The number of carbonyl (C=O) groups excluding carboxylic acids is 1. The van der Waals surface area contributed by atoms with Crippen molar-refractivity contribution in [2.75, 3.05) is 13.7 Å². The van der Waals surface area contributed by atoms with Gasteiger partial charge in [-0.25, -0.2) is 0 Å². The maximum absolute atomic E-state index is 11.4. The fraction of sp³-hybridized carbons (Fsp3) is 0.562. The van der Waals surface area contributed by atoms with Gasteiger partial charge >= 0.3 is 0 Å². The molecule has 0 bridgehead atoms. The van der Waals surface area contributed by atoms with E-state index < -0.39 is 6.10 Å². The van der Waals surface area contributed by atoms with Crippen LogP contribution in [0.4, 0.5) is 0 Å². The number of rotatable bonds is 4. The quantitative estimate of drug-likeness (QED) is 0.884. The topological polar surface area (TPSA) is 67.8 Å². The zero-order valence-electron chi connectivity index (χ0n) is 12.2. The summed E-state index contributed by atoms with van der Waals surface area (Å²) in [4.78, 5) is 11.4. The van der Waals surface area contributed by atoms with E-state index in [0.29, 0.717) is 24.5 Å². The van der Waals surface area contributed by atoms with Crippen molar-refractivity contribution in [3.8, 4) is 11.5 Å². The standard InChI is InChI=1S/C16H21NO4/c1-20-14-6-5-10(11-8-16(19)17-9-11)7-15(14)21-13-4-2-3-12(13)18/h5-7,11-13,18H,2-4,8-9H2,1H3,(H,17,19)/t11-,12?,13?/m0/s1. The predicted octanol–water partition coefficient (Wildman–Crippen LogP) is 1.59. The molecule has 0 radical (unpaired) electrons. The van der Waals surface area contributed by atoms with Crippen LogP contribution in [0.2, 0.25) is 0 Å². The van der Waals surface area contributed by atoms with Gasteiger partial charge in [0.15, 0.2) is 11.5 Å². The van der Waals surface area contributed by atoms with Crippen molar-refractivity contribution in [3.05, 3.63) is 23.8 Å². The number of hydrogen-bond donors (Lipinski definition) is 2. The SMILES string of the molecule is COc1ccc([C@@H]2CNC(=O)C2)cc1OC1CCCC1O. The number of hydrogen-bond acceptors (Lipinski definition) is 4. The lowest BCUT2D eigenvalue weighted by molar-refractivity contribution is -0.119. The van der Waals surface area contributed by atoms with Crippen LogP contribution < -0.4 is 14.8 Å². The van der Waals surface area contributed by atoms with Crippen LogP contribution in [0, 0.1) is 0 Å². The summed E-state index contributed by atoms with van der Waals surface area (Å²) in [5, 5.41) is 12.8. The minimum absolute atomic E-state index is 0.0875. The molecule has 1 aromatic rings. The molecule has 1 saturated heterocycles. The Morgan fingerprint density at radius 1 is 1.29 bits per heavy atom. The van der Waals surface area contributed by atoms with Crippen LogP contribution in [-0.4, -0.2) is 36.9 Å². The van der Waals surface area contributed by atoms with Gasteiger partial charge in [0.1, 0.15) is 6.10 Å². The van der Waals surface area contributed by atoms with E-state index in [2.05, 4.69) is 5.32 Å². The molecule has 0 spiro atoms. The van der Waals surface area contributed by atoms with Gasteiger partial charge in [0.2, 0.25) is 5.91 Å². The zero-order valence-corrected chi connectivity index (χ0v) is 12.2. The molecule has 2 unspecified atom stereocenters. The Hall–Kier alpha value is -1.75. The van der Waals surface area contributed by atoms with Gasteiger partial charge in [-0.3, -0.25) is 4.79 Å². The first-order valence-electron chi connectivity index (χ1n) is 7.46. The van der Waals surface area contributed by atoms with E-state index in [-0.39, 0.29) is 17.9 Å². The molecule has 1 aromatic carbocycles. The van der Waals surface area contributed by atoms with E-state index in [1.54, 1.807) is 7.11 Å². The van der Waals surface area contributed by atoms with Crippen LogP contribution in [0.25, 0.3) is 0 Å². The average molecular weight is 291 g/mol. The number of benzene rings is 1. The third-order valence-electron chi connectivity index (χ3n) is 4.33. The normalized spacial score (nSPS) is 28.5. The van der Waals surface area contributed by atoms with Crippen LogP contribution in [0.15, 0.2) is 18.2 Å². The summed E-state index contributed by atoms with van der Waals surface area (Å²) in [5.41, 5.74) is 1.07. The fourth-order valence-electron chi connectivity index (χ4n) is 3.09. The molecule has 5 heteroatoms. The Bertz CT molecular complexity index is 531. The van der Waals surface area contributed by atoms with Gasteiger partial charge in [-0.15, -0.1) is 0 Å². The molecule has 3 atom stereocenters. The lowest BCUT2D eigenvalue weighted by Gasteiger charge is -2.20. The highest BCUT2D eigenvalue weighted by molar-refractivity contribution is 5.79. The first kappa shape index (κ1) is 14.2. The number of methoxy groups -OCH3 is 1. The monoisotopic (exact) mass is 291 g/mol. The predicted molar refractivity (Wildman–Crippen MR) is 77.6 cm³/mol. The van der Waals surface area contributed by atoms with Crippen molar-refractivity contribution >= 4 is 5.91 Å². The van der Waals surface area contributed by atoms with Gasteiger partial charge in [-0.1, -0.05) is 6.07 Å². The van der Waals surface area contributed by atoms with E-state index in [0.717, 1.165) is 24.8 Å². The van der Waals surface area contributed by atoms with Crippen LogP contribution in [-0.2, 0) is 4.79 Å². The molecule has 1 aliphatic carbocycles. The van der Waals surface area contributed by atoms with Gasteiger partial charge < -0.3 is 19.9 Å². The Labute approximate surface area is 124 Å².